The van der Waals surface area contributed by atoms with Gasteiger partial charge < -0.3 is 15.2 Å². The van der Waals surface area contributed by atoms with E-state index in [0.717, 1.165) is 16.6 Å². The number of nitrogens with zero attached hydrogens (tertiary/aromatic N) is 8. The summed E-state index contributed by atoms with van der Waals surface area (Å²) in [5.74, 6) is -0.819. The van der Waals surface area contributed by atoms with Gasteiger partial charge in [-0.15, -0.1) is 0 Å². The molecule has 0 saturated heterocycles. The van der Waals surface area contributed by atoms with Gasteiger partial charge in [-0.2, -0.15) is 4.98 Å². The summed E-state index contributed by atoms with van der Waals surface area (Å²) >= 11 is 16.4. The van der Waals surface area contributed by atoms with Crippen LogP contribution in [0.5, 0.6) is 0 Å². The lowest BCUT2D eigenvalue weighted by Crippen LogP contribution is -2.37. The van der Waals surface area contributed by atoms with Crippen LogP contribution in [0.15, 0.2) is 146 Å². The van der Waals surface area contributed by atoms with E-state index in [4.69, 9.17) is 34.8 Å². The van der Waals surface area contributed by atoms with E-state index in [1.165, 1.54) is 41.6 Å². The van der Waals surface area contributed by atoms with E-state index < -0.39 is 11.7 Å². The second-order valence-corrected chi connectivity index (χ2v) is 14.4. The van der Waals surface area contributed by atoms with Gasteiger partial charge in [0.1, 0.15) is 28.4 Å². The highest BCUT2D eigenvalue weighted by molar-refractivity contribution is 6.48. The van der Waals surface area contributed by atoms with Crippen LogP contribution in [0.2, 0.25) is 15.7 Å². The van der Waals surface area contributed by atoms with Gasteiger partial charge in [0, 0.05) is 49.3 Å². The maximum Gasteiger partial charge on any atom is 0.300 e. The average Bonchev–Trinajstić information content (AvgIpc) is 3.62. The predicted octanol–water partition coefficient (Wildman–Crippen LogP) is 10.4. The molecule has 0 spiro atoms. The van der Waals surface area contributed by atoms with Crippen molar-refractivity contribution < 1.29 is 18.4 Å². The first-order chi connectivity index (χ1) is 29.9. The molecule has 0 saturated carbocycles. The number of hydrogen-bond acceptors (Lipinski definition) is 10. The molecule has 62 heavy (non-hydrogen) atoms. The lowest BCUT2D eigenvalue weighted by atomic mass is 10.1. The van der Waals surface area contributed by atoms with Crippen LogP contribution >= 0.6 is 34.8 Å². The lowest BCUT2D eigenvalue weighted by Gasteiger charge is -2.22. The number of hydrogen-bond donors (Lipinski definition) is 2. The van der Waals surface area contributed by atoms with Crippen molar-refractivity contribution in [2.45, 2.75) is 26.1 Å². The van der Waals surface area contributed by atoms with E-state index in [1.807, 2.05) is 73.1 Å². The number of halogens is 5. The fourth-order valence-corrected chi connectivity index (χ4v) is 6.39. The Kier molecular flexibility index (Phi) is 15.6. The van der Waals surface area contributed by atoms with E-state index in [-0.39, 0.29) is 40.6 Å². The van der Waals surface area contributed by atoms with Crippen molar-refractivity contribution in [1.29, 1.82) is 0 Å². The van der Waals surface area contributed by atoms with Gasteiger partial charge in [-0.05, 0) is 95.3 Å². The zero-order valence-corrected chi connectivity index (χ0v) is 35.4. The second-order valence-electron chi connectivity index (χ2n) is 13.4. The number of rotatable bonds is 11. The first-order valence-corrected chi connectivity index (χ1v) is 20.0. The molecule has 2 N–H and O–H groups in total. The second kappa shape index (κ2) is 21.6. The first-order valence-electron chi connectivity index (χ1n) is 18.8. The summed E-state index contributed by atoms with van der Waals surface area (Å²) in [4.78, 5) is 52.4. The van der Waals surface area contributed by atoms with Crippen LogP contribution in [0, 0.1) is 11.6 Å². The number of Topliss-reactive ketones (excluding diaryl/α,β-unsaturated/α-hetero) is 1. The smallest absolute Gasteiger partial charge is 0.300 e. The molecule has 0 aliphatic heterocycles. The molecule has 0 aliphatic rings. The average molecular weight is 894 g/mol. The largest absolute Gasteiger partial charge is 0.366 e. The number of anilines is 3. The van der Waals surface area contributed by atoms with Gasteiger partial charge >= 0.3 is 5.91 Å². The predicted molar refractivity (Wildman–Crippen MR) is 238 cm³/mol. The molecule has 4 aromatic carbocycles. The Balaban J connectivity index is 0.000000217. The van der Waals surface area contributed by atoms with Crippen LogP contribution in [0.1, 0.15) is 40.0 Å². The number of para-hydroxylation sites is 1. The molecule has 4 heterocycles. The molecule has 314 valence electrons. The van der Waals surface area contributed by atoms with Crippen LogP contribution in [0.4, 0.5) is 26.4 Å². The molecule has 0 unspecified atom stereocenters. The number of fused-ring (bicyclic) bond motifs is 1. The van der Waals surface area contributed by atoms with Crippen molar-refractivity contribution in [2.75, 3.05) is 15.5 Å². The van der Waals surface area contributed by atoms with E-state index in [2.05, 4.69) is 40.5 Å². The highest BCUT2D eigenvalue weighted by Gasteiger charge is 2.28. The monoisotopic (exact) mass is 892 g/mol. The van der Waals surface area contributed by atoms with Crippen LogP contribution in [0.3, 0.4) is 0 Å². The van der Waals surface area contributed by atoms with Crippen molar-refractivity contribution in [3.8, 4) is 0 Å². The van der Waals surface area contributed by atoms with Gasteiger partial charge in [0.15, 0.2) is 0 Å². The maximum absolute atomic E-state index is 13.7. The molecular formula is C45H37Cl3F2N10O2. The summed E-state index contributed by atoms with van der Waals surface area (Å²) in [6.45, 7) is 2.57. The number of nitrogens with one attached hydrogen (secondary N) is 2. The molecule has 0 bridgehead atoms. The third-order valence-corrected chi connectivity index (χ3v) is 9.58. The van der Waals surface area contributed by atoms with Gasteiger partial charge in [-0.25, -0.2) is 33.7 Å². The Morgan fingerprint density at radius 3 is 1.97 bits per heavy atom. The fraction of sp³-hybridized carbons (Fsp3) is 0.111. The third kappa shape index (κ3) is 12.6. The molecule has 0 radical (unpaired) electrons. The Bertz CT molecular complexity index is 2730. The molecule has 4 aromatic heterocycles. The Hall–Kier alpha value is -6.87. The van der Waals surface area contributed by atoms with E-state index in [0.29, 0.717) is 40.0 Å². The topological polar surface area (TPSA) is 144 Å². The number of aromatic nitrogens is 7. The Morgan fingerprint density at radius 2 is 1.32 bits per heavy atom. The summed E-state index contributed by atoms with van der Waals surface area (Å²) in [6, 6.07) is 34.1. The molecule has 1 amide bonds. The normalized spacial score (nSPS) is 11.0. The molecule has 12 nitrogen and oxygen atoms in total. The number of carbonyl (C=O) groups excluding carboxylic acids is 2. The van der Waals surface area contributed by atoms with E-state index in [1.54, 1.807) is 54.9 Å². The SMILES string of the molecule is C[C@H](Nc1nccc(N(Cc2ccc(F)cc2)C(=O)C(=O)c2cn(C)c3ccccc23)n1)c1ccccc1.Clc1ccnc(Cl)n1.Fc1ccc(CNc2ccnc(Cl)n2)cc1. The minimum absolute atomic E-state index is 0.0281. The Labute approximate surface area is 370 Å². The highest BCUT2D eigenvalue weighted by atomic mass is 35.5. The first kappa shape index (κ1) is 44.7. The molecule has 17 heteroatoms. The minimum atomic E-state index is -0.744. The number of aryl methyl sites for hydroxylation is 1. The van der Waals surface area contributed by atoms with Crippen LogP contribution in [0.25, 0.3) is 10.9 Å². The molecule has 0 aliphatic carbocycles. The number of carbonyl (C=O) groups is 2. The van der Waals surface area contributed by atoms with Crippen molar-refractivity contribution in [2.24, 2.45) is 7.05 Å². The van der Waals surface area contributed by atoms with Crippen molar-refractivity contribution >= 4 is 75.0 Å². The van der Waals surface area contributed by atoms with Crippen molar-refractivity contribution in [1.82, 2.24) is 34.5 Å². The number of benzene rings is 4. The summed E-state index contributed by atoms with van der Waals surface area (Å²) in [5, 5.41) is 7.75. The maximum atomic E-state index is 13.7. The van der Waals surface area contributed by atoms with E-state index >= 15 is 0 Å². The zero-order chi connectivity index (χ0) is 44.0. The van der Waals surface area contributed by atoms with Crippen LogP contribution in [-0.4, -0.2) is 46.2 Å². The third-order valence-electron chi connectivity index (χ3n) is 9.00. The standard InChI is InChI=1S/C30H26FN5O2.C11H9ClFN3.C4H2Cl2N2/c1-20(22-8-4-3-5-9-22)33-30-32-17-16-27(34-30)36(18-21-12-14-23(31)15-13-21)29(38)28(37)25-19-35(2)26-11-7-6-10-24(25)26;12-11-14-6-5-10(16-11)15-7-8-1-3-9(13)4-2-8;5-3-1-2-7-4(6)8-3/h3-17,19-20H,18H2,1-2H3,(H,32,33,34);1-6H,7H2,(H,14,15,16);1-2H/t20-;;/m0../s1. The summed E-state index contributed by atoms with van der Waals surface area (Å²) < 4.78 is 28.0. The van der Waals surface area contributed by atoms with Crippen LogP contribution < -0.4 is 15.5 Å². The van der Waals surface area contributed by atoms with Gasteiger partial charge in [-0.3, -0.25) is 14.5 Å². The fourth-order valence-electron chi connectivity index (χ4n) is 5.92. The van der Waals surface area contributed by atoms with Crippen molar-refractivity contribution in [3.05, 3.63) is 196 Å². The van der Waals surface area contributed by atoms with Gasteiger partial charge in [0.05, 0.1) is 18.2 Å². The molecule has 0 fully saturated rings. The summed E-state index contributed by atoms with van der Waals surface area (Å²) in [6.07, 6.45) is 6.27. The Morgan fingerprint density at radius 1 is 0.710 bits per heavy atom. The van der Waals surface area contributed by atoms with Gasteiger partial charge in [-0.1, -0.05) is 84.4 Å². The summed E-state index contributed by atoms with van der Waals surface area (Å²) in [7, 11) is 1.83. The molecule has 1 atom stereocenters. The van der Waals surface area contributed by atoms with Crippen LogP contribution in [-0.2, 0) is 24.9 Å². The van der Waals surface area contributed by atoms with Gasteiger partial charge in [0.2, 0.25) is 16.5 Å². The number of ketones is 1. The minimum Gasteiger partial charge on any atom is -0.366 e. The molecule has 8 rings (SSSR count). The highest BCUT2D eigenvalue weighted by Crippen LogP contribution is 2.25. The van der Waals surface area contributed by atoms with E-state index in [9.17, 15) is 18.4 Å². The molecule has 8 aromatic rings. The summed E-state index contributed by atoms with van der Waals surface area (Å²) in [5.41, 5.74) is 3.82. The molecular weight excluding hydrogens is 857 g/mol. The van der Waals surface area contributed by atoms with Gasteiger partial charge in [0.25, 0.3) is 5.78 Å². The lowest BCUT2D eigenvalue weighted by molar-refractivity contribution is -0.114. The quantitative estimate of drug-likeness (QED) is 0.0557. The number of amides is 1. The van der Waals surface area contributed by atoms with Crippen molar-refractivity contribution in [3.63, 3.8) is 0 Å². The zero-order valence-electron chi connectivity index (χ0n) is 33.1.